The zero-order chi connectivity index (χ0) is 19.8. The van der Waals surface area contributed by atoms with Crippen molar-refractivity contribution < 1.29 is 4.79 Å². The van der Waals surface area contributed by atoms with Crippen LogP contribution in [-0.2, 0) is 13.6 Å². The molecule has 1 amide bonds. The van der Waals surface area contributed by atoms with Gasteiger partial charge in [0.2, 0.25) is 0 Å². The molecule has 0 saturated carbocycles. The molecule has 28 heavy (non-hydrogen) atoms. The van der Waals surface area contributed by atoms with Gasteiger partial charge in [-0.25, -0.2) is 9.97 Å². The van der Waals surface area contributed by atoms with E-state index in [2.05, 4.69) is 32.2 Å². The van der Waals surface area contributed by atoms with Gasteiger partial charge >= 0.3 is 0 Å². The van der Waals surface area contributed by atoms with E-state index in [0.717, 1.165) is 53.7 Å². The van der Waals surface area contributed by atoms with Crippen molar-refractivity contribution in [2.45, 2.75) is 40.2 Å². The number of likely N-dealkylation sites (tertiary alicyclic amines) is 1. The van der Waals surface area contributed by atoms with E-state index in [1.54, 1.807) is 4.68 Å². The summed E-state index contributed by atoms with van der Waals surface area (Å²) in [5, 5.41) is 10.8. The Bertz CT molecular complexity index is 1020. The van der Waals surface area contributed by atoms with Gasteiger partial charge in [0.05, 0.1) is 22.3 Å². The Balaban J connectivity index is 1.50. The number of rotatable bonds is 4. The maximum Gasteiger partial charge on any atom is 0.258 e. The third kappa shape index (κ3) is 3.79. The monoisotopic (exact) mass is 398 g/mol. The van der Waals surface area contributed by atoms with Crippen LogP contribution in [0.2, 0.25) is 0 Å². The number of hydrogen-bond acceptors (Lipinski definition) is 6. The van der Waals surface area contributed by atoms with Crippen molar-refractivity contribution in [3.05, 3.63) is 34.1 Å². The Kier molecular flexibility index (Phi) is 5.16. The minimum Gasteiger partial charge on any atom is -0.298 e. The quantitative estimate of drug-likeness (QED) is 0.728. The average Bonchev–Trinajstić information content (AvgIpc) is 3.20. The van der Waals surface area contributed by atoms with Gasteiger partial charge < -0.3 is 0 Å². The molecule has 0 spiro atoms. The molecular weight excluding hydrogens is 372 g/mol. The van der Waals surface area contributed by atoms with Crippen LogP contribution in [0, 0.1) is 19.8 Å². The van der Waals surface area contributed by atoms with E-state index in [-0.39, 0.29) is 5.91 Å². The Morgan fingerprint density at radius 2 is 2.04 bits per heavy atom. The molecule has 3 aromatic heterocycles. The number of hydrogen-bond donors (Lipinski definition) is 1. The molecule has 8 heteroatoms. The molecule has 0 radical (unpaired) electrons. The van der Waals surface area contributed by atoms with Gasteiger partial charge in [0.25, 0.3) is 5.91 Å². The molecule has 4 rings (SSSR count). The number of nitrogens with one attached hydrogen (secondary N) is 1. The van der Waals surface area contributed by atoms with Crippen LogP contribution in [0.4, 0.5) is 5.13 Å². The van der Waals surface area contributed by atoms with Crippen molar-refractivity contribution >= 4 is 33.4 Å². The molecule has 7 nitrogen and oxygen atoms in total. The van der Waals surface area contributed by atoms with Crippen LogP contribution >= 0.6 is 11.3 Å². The maximum absolute atomic E-state index is 13.0. The Hall–Kier alpha value is -2.32. The lowest BCUT2D eigenvalue weighted by molar-refractivity contribution is 0.102. The molecule has 4 heterocycles. The third-order valence-electron chi connectivity index (χ3n) is 5.38. The van der Waals surface area contributed by atoms with E-state index in [1.807, 2.05) is 32.3 Å². The fraction of sp³-hybridized carbons (Fsp3) is 0.500. The number of carbonyl (C=O) groups is 1. The van der Waals surface area contributed by atoms with Gasteiger partial charge in [-0.15, -0.1) is 11.3 Å². The number of thiazole rings is 1. The second-order valence-electron chi connectivity index (χ2n) is 7.78. The van der Waals surface area contributed by atoms with Gasteiger partial charge in [0, 0.05) is 24.7 Å². The molecule has 1 aliphatic heterocycles. The number of aryl methyl sites for hydroxylation is 3. The first-order valence-electron chi connectivity index (χ1n) is 9.69. The first-order valence-corrected chi connectivity index (χ1v) is 10.6. The molecule has 148 valence electrons. The van der Waals surface area contributed by atoms with Crippen LogP contribution in [0.1, 0.15) is 47.2 Å². The molecule has 0 unspecified atom stereocenters. The number of nitrogens with zero attached hydrogens (tertiary/aromatic N) is 5. The summed E-state index contributed by atoms with van der Waals surface area (Å²) in [5.41, 5.74) is 3.93. The number of aromatic nitrogens is 4. The van der Waals surface area contributed by atoms with Crippen LogP contribution < -0.4 is 5.32 Å². The topological polar surface area (TPSA) is 75.9 Å². The van der Waals surface area contributed by atoms with E-state index >= 15 is 0 Å². The van der Waals surface area contributed by atoms with Crippen LogP contribution in [0.15, 0.2) is 11.4 Å². The lowest BCUT2D eigenvalue weighted by Crippen LogP contribution is -2.32. The van der Waals surface area contributed by atoms with E-state index in [4.69, 9.17) is 0 Å². The SMILES string of the molecule is Cc1cc(C(=O)Nc2nc(CN3CCC(C)CC3)cs2)c2c(C)nn(C)c2n1. The van der Waals surface area contributed by atoms with E-state index in [1.165, 1.54) is 24.2 Å². The number of carbonyl (C=O) groups excluding carboxylic acids is 1. The number of pyridine rings is 1. The largest absolute Gasteiger partial charge is 0.298 e. The summed E-state index contributed by atoms with van der Waals surface area (Å²) in [6.07, 6.45) is 2.49. The highest BCUT2D eigenvalue weighted by molar-refractivity contribution is 7.14. The molecule has 3 aromatic rings. The summed E-state index contributed by atoms with van der Waals surface area (Å²) < 4.78 is 1.72. The zero-order valence-corrected chi connectivity index (χ0v) is 17.6. The zero-order valence-electron chi connectivity index (χ0n) is 16.8. The highest BCUT2D eigenvalue weighted by Crippen LogP contribution is 2.25. The Morgan fingerprint density at radius 3 is 2.79 bits per heavy atom. The second kappa shape index (κ2) is 7.60. The van der Waals surface area contributed by atoms with Crippen molar-refractivity contribution in [1.82, 2.24) is 24.6 Å². The van der Waals surface area contributed by atoms with Crippen molar-refractivity contribution in [1.29, 1.82) is 0 Å². The van der Waals surface area contributed by atoms with Crippen molar-refractivity contribution in [2.75, 3.05) is 18.4 Å². The molecule has 1 fully saturated rings. The van der Waals surface area contributed by atoms with Gasteiger partial charge in [-0.3, -0.25) is 19.7 Å². The summed E-state index contributed by atoms with van der Waals surface area (Å²) in [6, 6.07) is 1.82. The third-order valence-corrected chi connectivity index (χ3v) is 6.18. The number of piperidine rings is 1. The van der Waals surface area contributed by atoms with Crippen molar-refractivity contribution in [2.24, 2.45) is 13.0 Å². The standard InChI is InChI=1S/C20H26N6OS/c1-12-5-7-26(8-6-12)10-15-11-28-20(22-15)23-19(27)16-9-13(2)21-18-17(16)14(3)24-25(18)4/h9,11-12H,5-8,10H2,1-4H3,(H,22,23,27). The Morgan fingerprint density at radius 1 is 1.29 bits per heavy atom. The lowest BCUT2D eigenvalue weighted by atomic mass is 9.99. The fourth-order valence-electron chi connectivity index (χ4n) is 3.80. The summed E-state index contributed by atoms with van der Waals surface area (Å²) >= 11 is 1.47. The molecule has 1 saturated heterocycles. The van der Waals surface area contributed by atoms with Gasteiger partial charge in [0.15, 0.2) is 10.8 Å². The molecule has 1 N–H and O–H groups in total. The minimum atomic E-state index is -0.167. The van der Waals surface area contributed by atoms with E-state index in [0.29, 0.717) is 10.7 Å². The Labute approximate surface area is 168 Å². The highest BCUT2D eigenvalue weighted by atomic mass is 32.1. The van der Waals surface area contributed by atoms with Crippen LogP contribution in [0.25, 0.3) is 11.0 Å². The minimum absolute atomic E-state index is 0.167. The highest BCUT2D eigenvalue weighted by Gasteiger charge is 2.20. The predicted molar refractivity (Wildman–Crippen MR) is 112 cm³/mol. The molecule has 0 bridgehead atoms. The van der Waals surface area contributed by atoms with Crippen LogP contribution in [0.3, 0.4) is 0 Å². The second-order valence-corrected chi connectivity index (χ2v) is 8.63. The van der Waals surface area contributed by atoms with E-state index < -0.39 is 0 Å². The summed E-state index contributed by atoms with van der Waals surface area (Å²) in [5.74, 6) is 0.650. The first kappa shape index (κ1) is 19.0. The van der Waals surface area contributed by atoms with Gasteiger partial charge in [-0.05, 0) is 51.8 Å². The summed E-state index contributed by atoms with van der Waals surface area (Å²) in [4.78, 5) is 24.5. The molecule has 1 aliphatic rings. The lowest BCUT2D eigenvalue weighted by Gasteiger charge is -2.29. The van der Waals surface area contributed by atoms with Crippen LogP contribution in [0.5, 0.6) is 0 Å². The maximum atomic E-state index is 13.0. The molecule has 0 aliphatic carbocycles. The summed E-state index contributed by atoms with van der Waals surface area (Å²) in [6.45, 7) is 9.19. The van der Waals surface area contributed by atoms with Crippen LogP contribution in [-0.4, -0.2) is 43.6 Å². The summed E-state index contributed by atoms with van der Waals surface area (Å²) in [7, 11) is 1.85. The number of amides is 1. The van der Waals surface area contributed by atoms with Gasteiger partial charge in [-0.1, -0.05) is 6.92 Å². The number of anilines is 1. The van der Waals surface area contributed by atoms with Crippen molar-refractivity contribution in [3.63, 3.8) is 0 Å². The molecular formula is C20H26N6OS. The van der Waals surface area contributed by atoms with E-state index in [9.17, 15) is 4.79 Å². The first-order chi connectivity index (χ1) is 13.4. The average molecular weight is 399 g/mol. The molecule has 0 aromatic carbocycles. The normalized spacial score (nSPS) is 16.0. The number of fused-ring (bicyclic) bond motifs is 1. The van der Waals surface area contributed by atoms with Gasteiger partial charge in [-0.2, -0.15) is 5.10 Å². The predicted octanol–water partition coefficient (Wildman–Crippen LogP) is 3.53. The fourth-order valence-corrected chi connectivity index (χ4v) is 4.50. The smallest absolute Gasteiger partial charge is 0.258 e. The van der Waals surface area contributed by atoms with Gasteiger partial charge in [0.1, 0.15) is 0 Å². The molecule has 0 atom stereocenters. The van der Waals surface area contributed by atoms with Crippen molar-refractivity contribution in [3.8, 4) is 0 Å².